The molecule has 148 valence electrons. The van der Waals surface area contributed by atoms with Crippen molar-refractivity contribution in [1.82, 2.24) is 24.3 Å². The lowest BCUT2D eigenvalue weighted by molar-refractivity contribution is 0.0185. The van der Waals surface area contributed by atoms with Gasteiger partial charge >= 0.3 is 6.09 Å². The Kier molecular flexibility index (Phi) is 4.49. The van der Waals surface area contributed by atoms with E-state index in [1.54, 1.807) is 15.8 Å². The number of amides is 1. The molecular formula is C20H26N6O2. The number of carbonyl (C=O) groups is 1. The van der Waals surface area contributed by atoms with Crippen molar-refractivity contribution in [3.05, 3.63) is 36.9 Å². The Balaban J connectivity index is 1.43. The van der Waals surface area contributed by atoms with Crippen molar-refractivity contribution in [3.63, 3.8) is 0 Å². The number of aromatic nitrogens is 4. The van der Waals surface area contributed by atoms with Gasteiger partial charge in [-0.3, -0.25) is 14.3 Å². The fourth-order valence-corrected chi connectivity index (χ4v) is 3.51. The van der Waals surface area contributed by atoms with Crippen LogP contribution in [0.15, 0.2) is 36.9 Å². The van der Waals surface area contributed by atoms with Gasteiger partial charge in [-0.05, 0) is 45.7 Å². The molecule has 1 aliphatic rings. The Bertz CT molecular complexity index is 992. The summed E-state index contributed by atoms with van der Waals surface area (Å²) in [4.78, 5) is 18.5. The number of piperidine rings is 1. The van der Waals surface area contributed by atoms with Crippen molar-refractivity contribution >= 4 is 17.1 Å². The summed E-state index contributed by atoms with van der Waals surface area (Å²) in [6.07, 6.45) is 8.99. The summed E-state index contributed by atoms with van der Waals surface area (Å²) in [6, 6.07) is 4.18. The predicted molar refractivity (Wildman–Crippen MR) is 107 cm³/mol. The molecule has 4 heterocycles. The molecule has 4 rings (SSSR count). The second kappa shape index (κ2) is 6.85. The molecule has 28 heavy (non-hydrogen) atoms. The summed E-state index contributed by atoms with van der Waals surface area (Å²) >= 11 is 0. The third kappa shape index (κ3) is 3.67. The number of pyridine rings is 1. The maximum absolute atomic E-state index is 12.2. The highest BCUT2D eigenvalue weighted by atomic mass is 16.6. The van der Waals surface area contributed by atoms with Gasteiger partial charge in [-0.2, -0.15) is 5.10 Å². The van der Waals surface area contributed by atoms with E-state index in [4.69, 9.17) is 10.6 Å². The van der Waals surface area contributed by atoms with Crippen LogP contribution in [0.5, 0.6) is 0 Å². The molecule has 0 spiro atoms. The Morgan fingerprint density at radius 1 is 1.21 bits per heavy atom. The Labute approximate surface area is 163 Å². The number of rotatable bonds is 2. The quantitative estimate of drug-likeness (QED) is 0.687. The number of hydrogen-bond acceptors (Lipinski definition) is 5. The number of nitrogens with two attached hydrogens (primary N) is 1. The smallest absolute Gasteiger partial charge is 0.410 e. The second-order valence-electron chi connectivity index (χ2n) is 8.26. The van der Waals surface area contributed by atoms with Gasteiger partial charge in [0.25, 0.3) is 0 Å². The number of ether oxygens (including phenoxy) is 1. The molecule has 0 unspecified atom stereocenters. The van der Waals surface area contributed by atoms with Crippen molar-refractivity contribution < 1.29 is 9.53 Å². The Morgan fingerprint density at radius 2 is 1.96 bits per heavy atom. The molecule has 8 heteroatoms. The summed E-state index contributed by atoms with van der Waals surface area (Å²) < 4.78 is 9.03. The Morgan fingerprint density at radius 3 is 2.68 bits per heavy atom. The highest BCUT2D eigenvalue weighted by Gasteiger charge is 2.27. The summed E-state index contributed by atoms with van der Waals surface area (Å²) in [5.74, 6) is 5.93. The first-order valence-electron chi connectivity index (χ1n) is 9.55. The third-order valence-corrected chi connectivity index (χ3v) is 4.99. The topological polar surface area (TPSA) is 91.2 Å². The fraction of sp³-hybridized carbons (Fsp3) is 0.450. The van der Waals surface area contributed by atoms with Gasteiger partial charge in [0.05, 0.1) is 23.3 Å². The molecular weight excluding hydrogens is 356 g/mol. The number of nitrogens with zero attached hydrogens (tertiary/aromatic N) is 5. The van der Waals surface area contributed by atoms with Crippen LogP contribution < -0.4 is 5.84 Å². The summed E-state index contributed by atoms with van der Waals surface area (Å²) in [6.45, 7) is 7.00. The highest BCUT2D eigenvalue weighted by molar-refractivity contribution is 5.81. The lowest BCUT2D eigenvalue weighted by Crippen LogP contribution is -2.42. The summed E-state index contributed by atoms with van der Waals surface area (Å²) in [7, 11) is 0. The van der Waals surface area contributed by atoms with Crippen molar-refractivity contribution in [2.75, 3.05) is 18.9 Å². The average molecular weight is 382 g/mol. The van der Waals surface area contributed by atoms with E-state index in [-0.39, 0.29) is 12.1 Å². The molecule has 3 aromatic rings. The van der Waals surface area contributed by atoms with Gasteiger partial charge in [-0.1, -0.05) is 0 Å². The highest BCUT2D eigenvalue weighted by Crippen LogP contribution is 2.27. The van der Waals surface area contributed by atoms with Crippen LogP contribution in [0.25, 0.3) is 22.2 Å². The van der Waals surface area contributed by atoms with Crippen LogP contribution in [0, 0.1) is 0 Å². The number of hydrogen-bond donors (Lipinski definition) is 1. The number of likely N-dealkylation sites (tertiary alicyclic amines) is 1. The van der Waals surface area contributed by atoms with Crippen molar-refractivity contribution in [1.29, 1.82) is 0 Å². The third-order valence-electron chi connectivity index (χ3n) is 4.99. The fourth-order valence-electron chi connectivity index (χ4n) is 3.51. The van der Waals surface area contributed by atoms with Crippen LogP contribution in [0.4, 0.5) is 4.79 Å². The molecule has 1 saturated heterocycles. The van der Waals surface area contributed by atoms with E-state index in [0.717, 1.165) is 35.0 Å². The monoisotopic (exact) mass is 382 g/mol. The van der Waals surface area contributed by atoms with E-state index < -0.39 is 5.60 Å². The van der Waals surface area contributed by atoms with Crippen LogP contribution in [0.2, 0.25) is 0 Å². The van der Waals surface area contributed by atoms with Gasteiger partial charge in [-0.15, -0.1) is 0 Å². The van der Waals surface area contributed by atoms with E-state index in [2.05, 4.69) is 10.1 Å². The minimum absolute atomic E-state index is 0.240. The molecule has 8 nitrogen and oxygen atoms in total. The zero-order chi connectivity index (χ0) is 19.9. The molecule has 0 radical (unpaired) electrons. The number of carbonyl (C=O) groups excluding carboxylic acids is 1. The zero-order valence-electron chi connectivity index (χ0n) is 16.5. The number of fused-ring (bicyclic) bond motifs is 1. The molecule has 3 aromatic heterocycles. The minimum atomic E-state index is -0.469. The summed E-state index contributed by atoms with van der Waals surface area (Å²) in [5, 5.41) is 4.55. The van der Waals surface area contributed by atoms with Crippen LogP contribution >= 0.6 is 0 Å². The van der Waals surface area contributed by atoms with E-state index >= 15 is 0 Å². The molecule has 0 aromatic carbocycles. The van der Waals surface area contributed by atoms with Crippen molar-refractivity contribution in [2.24, 2.45) is 0 Å². The maximum Gasteiger partial charge on any atom is 0.410 e. The van der Waals surface area contributed by atoms with E-state index in [1.165, 1.54) is 0 Å². The Hall–Kier alpha value is -3.03. The normalized spacial score (nSPS) is 15.9. The van der Waals surface area contributed by atoms with Gasteiger partial charge < -0.3 is 15.5 Å². The first-order chi connectivity index (χ1) is 13.3. The lowest BCUT2D eigenvalue weighted by Gasteiger charge is -2.33. The lowest BCUT2D eigenvalue weighted by atomic mass is 10.1. The zero-order valence-corrected chi connectivity index (χ0v) is 16.5. The summed E-state index contributed by atoms with van der Waals surface area (Å²) in [5.41, 5.74) is 3.27. The molecule has 0 bridgehead atoms. The molecule has 1 fully saturated rings. The van der Waals surface area contributed by atoms with Gasteiger partial charge in [0.1, 0.15) is 5.60 Å². The first kappa shape index (κ1) is 18.3. The van der Waals surface area contributed by atoms with E-state index in [0.29, 0.717) is 13.1 Å². The van der Waals surface area contributed by atoms with Gasteiger partial charge in [-0.25, -0.2) is 4.79 Å². The largest absolute Gasteiger partial charge is 0.444 e. The van der Waals surface area contributed by atoms with Gasteiger partial charge in [0, 0.05) is 42.8 Å². The van der Waals surface area contributed by atoms with E-state index in [1.807, 2.05) is 56.2 Å². The first-order valence-corrected chi connectivity index (χ1v) is 9.55. The average Bonchev–Trinajstić information content (AvgIpc) is 3.28. The molecule has 0 atom stereocenters. The van der Waals surface area contributed by atoms with Gasteiger partial charge in [0.2, 0.25) is 0 Å². The SMILES string of the molecule is CC(C)(C)OC(=O)N1CCC(n2cc(-c3cnc4ccn(N)c4c3)cn2)CC1. The van der Waals surface area contributed by atoms with E-state index in [9.17, 15) is 4.79 Å². The predicted octanol–water partition coefficient (Wildman–Crippen LogP) is 3.19. The van der Waals surface area contributed by atoms with Crippen LogP contribution in [-0.2, 0) is 4.74 Å². The standard InChI is InChI=1S/C20H26N6O2/c1-20(2,3)28-19(27)24-7-4-16(5-8-24)26-13-15(12-23-26)14-10-18-17(22-11-14)6-9-25(18)21/h6,9-13,16H,4-5,7-8,21H2,1-3H3. The molecule has 2 N–H and O–H groups in total. The maximum atomic E-state index is 12.2. The molecule has 0 aliphatic carbocycles. The molecule has 1 amide bonds. The molecule has 1 aliphatic heterocycles. The number of nitrogen functional groups attached to an aromatic ring is 1. The minimum Gasteiger partial charge on any atom is -0.444 e. The van der Waals surface area contributed by atoms with Crippen LogP contribution in [0.3, 0.4) is 0 Å². The molecule has 0 saturated carbocycles. The van der Waals surface area contributed by atoms with Crippen LogP contribution in [0.1, 0.15) is 39.7 Å². The van der Waals surface area contributed by atoms with Crippen molar-refractivity contribution in [2.45, 2.75) is 45.3 Å². The van der Waals surface area contributed by atoms with Crippen molar-refractivity contribution in [3.8, 4) is 11.1 Å². The van der Waals surface area contributed by atoms with Gasteiger partial charge in [0.15, 0.2) is 0 Å². The van der Waals surface area contributed by atoms with Crippen LogP contribution in [-0.4, -0.2) is 49.1 Å². The second-order valence-corrected chi connectivity index (χ2v) is 8.26.